The van der Waals surface area contributed by atoms with Gasteiger partial charge < -0.3 is 9.64 Å². The molecule has 2 aliphatic carbocycles. The second-order valence-corrected chi connectivity index (χ2v) is 11.0. The number of aliphatic imine (C=N–C) groups is 1. The van der Waals surface area contributed by atoms with Crippen LogP contribution in [0, 0.1) is 12.3 Å². The third kappa shape index (κ3) is 4.31. The van der Waals surface area contributed by atoms with Crippen molar-refractivity contribution < 1.29 is 22.7 Å². The van der Waals surface area contributed by atoms with E-state index in [0.29, 0.717) is 30.0 Å². The molecule has 2 saturated carbocycles. The van der Waals surface area contributed by atoms with Crippen LogP contribution in [-0.2, 0) is 17.8 Å². The van der Waals surface area contributed by atoms with Gasteiger partial charge in [0, 0.05) is 24.0 Å². The smallest absolute Gasteiger partial charge is 0.413 e. The van der Waals surface area contributed by atoms with E-state index in [-0.39, 0.29) is 22.8 Å². The van der Waals surface area contributed by atoms with Crippen LogP contribution in [-0.4, -0.2) is 52.5 Å². The number of aromatic nitrogens is 2. The molecule has 3 aliphatic rings. The summed E-state index contributed by atoms with van der Waals surface area (Å²) in [6, 6.07) is -0.281. The van der Waals surface area contributed by atoms with Crippen LogP contribution in [0.5, 0.6) is 0 Å². The summed E-state index contributed by atoms with van der Waals surface area (Å²) in [5, 5.41) is 2.85. The molecule has 1 aliphatic heterocycles. The maximum absolute atomic E-state index is 13.6. The molecule has 1 N–H and O–H groups in total. The third-order valence-corrected chi connectivity index (χ3v) is 9.04. The first-order chi connectivity index (χ1) is 17.0. The maximum atomic E-state index is 13.6. The molecule has 1 spiro atoms. The van der Waals surface area contributed by atoms with E-state index in [4.69, 9.17) is 0 Å². The summed E-state index contributed by atoms with van der Waals surface area (Å²) < 4.78 is 46.4. The largest absolute Gasteiger partial charge is 0.453 e. The van der Waals surface area contributed by atoms with Crippen molar-refractivity contribution in [3.05, 3.63) is 31.3 Å². The van der Waals surface area contributed by atoms with E-state index < -0.39 is 36.5 Å². The molecule has 13 heteroatoms. The lowest BCUT2D eigenvalue weighted by Crippen LogP contribution is -2.51. The Bertz CT molecular complexity index is 1350. The molecule has 3 heterocycles. The van der Waals surface area contributed by atoms with E-state index in [1.807, 2.05) is 0 Å². The highest BCUT2D eigenvalue weighted by Crippen LogP contribution is 2.59. The minimum absolute atomic E-state index is 0.190. The fourth-order valence-electron chi connectivity index (χ4n) is 5.60. The summed E-state index contributed by atoms with van der Waals surface area (Å²) >= 11 is 1.15. The lowest BCUT2D eigenvalue weighted by atomic mass is 9.54. The van der Waals surface area contributed by atoms with Crippen molar-refractivity contribution in [2.45, 2.75) is 70.8 Å². The number of methoxy groups -OCH3 is 1. The first-order valence-electron chi connectivity index (χ1n) is 12.0. The minimum atomic E-state index is -4.44. The summed E-state index contributed by atoms with van der Waals surface area (Å²) in [6.07, 6.45) is -1.54. The topological polar surface area (TPSA) is 97.9 Å². The van der Waals surface area contributed by atoms with Gasteiger partial charge in [-0.25, -0.2) is 9.59 Å². The van der Waals surface area contributed by atoms with Gasteiger partial charge in [0.15, 0.2) is 0 Å². The quantitative estimate of drug-likeness (QED) is 0.642. The Morgan fingerprint density at radius 1 is 1.28 bits per heavy atom. The average Bonchev–Trinajstić information content (AvgIpc) is 3.31. The zero-order valence-electron chi connectivity index (χ0n) is 20.1. The van der Waals surface area contributed by atoms with Crippen LogP contribution in [0.1, 0.15) is 55.0 Å². The molecule has 0 bridgehead atoms. The number of halogens is 3. The molecule has 0 radical (unpaired) electrons. The Kier molecular flexibility index (Phi) is 6.16. The minimum Gasteiger partial charge on any atom is -0.453 e. The number of alkyl halides is 3. The predicted octanol–water partition coefficient (Wildman–Crippen LogP) is 3.52. The number of thiophene rings is 1. The summed E-state index contributed by atoms with van der Waals surface area (Å²) in [7, 11) is 1.24. The van der Waals surface area contributed by atoms with E-state index in [9.17, 15) is 27.6 Å². The summed E-state index contributed by atoms with van der Waals surface area (Å²) in [6.45, 7) is 2.47. The Labute approximate surface area is 208 Å². The van der Waals surface area contributed by atoms with Gasteiger partial charge in [-0.3, -0.25) is 24.2 Å². The van der Waals surface area contributed by atoms with Gasteiger partial charge in [0.1, 0.15) is 4.83 Å². The molecule has 5 rings (SSSR count). The van der Waals surface area contributed by atoms with Gasteiger partial charge in [-0.15, -0.1) is 11.3 Å². The fraction of sp³-hybridized carbons (Fsp3) is 0.652. The van der Waals surface area contributed by atoms with Gasteiger partial charge in [-0.05, 0) is 43.6 Å². The summed E-state index contributed by atoms with van der Waals surface area (Å²) in [4.78, 5) is 45.7. The molecule has 196 valence electrons. The van der Waals surface area contributed by atoms with Crippen molar-refractivity contribution in [3.63, 3.8) is 0 Å². The van der Waals surface area contributed by atoms with Gasteiger partial charge >= 0.3 is 18.0 Å². The number of carbonyl (C=O) groups excluding carboxylic acids is 1. The predicted molar refractivity (Wildman–Crippen MR) is 129 cm³/mol. The van der Waals surface area contributed by atoms with Crippen molar-refractivity contribution in [1.29, 1.82) is 0 Å². The number of guanidine groups is 1. The van der Waals surface area contributed by atoms with Gasteiger partial charge in [0.25, 0.3) is 5.56 Å². The molecule has 36 heavy (non-hydrogen) atoms. The normalized spacial score (nSPS) is 19.4. The first kappa shape index (κ1) is 24.8. The van der Waals surface area contributed by atoms with E-state index in [1.54, 1.807) is 11.8 Å². The Morgan fingerprint density at radius 3 is 2.61 bits per heavy atom. The van der Waals surface area contributed by atoms with Crippen molar-refractivity contribution >= 4 is 33.6 Å². The third-order valence-electron chi connectivity index (χ3n) is 7.74. The Morgan fingerprint density at radius 2 is 2.00 bits per heavy atom. The molecule has 2 fully saturated rings. The van der Waals surface area contributed by atoms with Crippen LogP contribution >= 0.6 is 11.3 Å². The SMILES string of the molecule is COC(=O)NC1=NCCN1Cc1sc2c(c1C)c(=O)n(C1CC3(CCC3)C1)c(=O)n2CCC(F)(F)F. The molecule has 0 unspecified atom stereocenters. The summed E-state index contributed by atoms with van der Waals surface area (Å²) in [5.41, 5.74) is -0.272. The van der Waals surface area contributed by atoms with Crippen LogP contribution in [0.4, 0.5) is 18.0 Å². The van der Waals surface area contributed by atoms with Crippen molar-refractivity contribution in [3.8, 4) is 0 Å². The molecule has 9 nitrogen and oxygen atoms in total. The number of rotatable bonds is 5. The number of fused-ring (bicyclic) bond motifs is 1. The van der Waals surface area contributed by atoms with Crippen LogP contribution in [0.15, 0.2) is 14.6 Å². The lowest BCUT2D eigenvalue weighted by Gasteiger charge is -2.54. The van der Waals surface area contributed by atoms with Gasteiger partial charge in [-0.2, -0.15) is 13.2 Å². The Balaban J connectivity index is 1.54. The zero-order valence-corrected chi connectivity index (χ0v) is 20.9. The number of aryl methyl sites for hydroxylation is 2. The fourth-order valence-corrected chi connectivity index (χ4v) is 6.93. The number of alkyl carbamates (subject to hydrolysis) is 1. The number of carbonyl (C=O) groups is 1. The van der Waals surface area contributed by atoms with E-state index in [2.05, 4.69) is 15.0 Å². The lowest BCUT2D eigenvalue weighted by molar-refractivity contribution is -0.136. The number of hydrogen-bond donors (Lipinski definition) is 1. The van der Waals surface area contributed by atoms with Gasteiger partial charge in [-0.1, -0.05) is 6.42 Å². The second kappa shape index (κ2) is 8.93. The van der Waals surface area contributed by atoms with Gasteiger partial charge in [0.05, 0.1) is 32.0 Å². The Hall–Kier alpha value is -2.83. The van der Waals surface area contributed by atoms with Crippen LogP contribution < -0.4 is 16.6 Å². The highest BCUT2D eigenvalue weighted by Gasteiger charge is 2.49. The number of amides is 1. The molecule has 0 saturated heterocycles. The molecule has 2 aromatic rings. The van der Waals surface area contributed by atoms with Crippen LogP contribution in [0.3, 0.4) is 0 Å². The maximum Gasteiger partial charge on any atom is 0.413 e. The number of nitrogens with zero attached hydrogens (tertiary/aromatic N) is 4. The van der Waals surface area contributed by atoms with E-state index >= 15 is 0 Å². The zero-order chi connectivity index (χ0) is 25.8. The number of nitrogens with one attached hydrogen (secondary N) is 1. The van der Waals surface area contributed by atoms with E-state index in [0.717, 1.165) is 52.9 Å². The van der Waals surface area contributed by atoms with Crippen molar-refractivity contribution in [1.82, 2.24) is 19.4 Å². The molecular formula is C23H28F3N5O4S. The first-order valence-corrected chi connectivity index (χ1v) is 12.8. The number of ether oxygens (including phenoxy) is 1. The van der Waals surface area contributed by atoms with Gasteiger partial charge in [0.2, 0.25) is 5.96 Å². The number of hydrogen-bond acceptors (Lipinski definition) is 7. The molecule has 0 atom stereocenters. The highest BCUT2D eigenvalue weighted by atomic mass is 32.1. The summed E-state index contributed by atoms with van der Waals surface area (Å²) in [5.74, 6) is 0.325. The monoisotopic (exact) mass is 527 g/mol. The van der Waals surface area contributed by atoms with E-state index in [1.165, 1.54) is 11.7 Å². The highest BCUT2D eigenvalue weighted by molar-refractivity contribution is 7.18. The average molecular weight is 528 g/mol. The van der Waals surface area contributed by atoms with Crippen LogP contribution in [0.25, 0.3) is 10.2 Å². The molecular weight excluding hydrogens is 499 g/mol. The molecule has 0 aromatic carbocycles. The molecule has 2 aromatic heterocycles. The van der Waals surface area contributed by atoms with Crippen LogP contribution in [0.2, 0.25) is 0 Å². The van der Waals surface area contributed by atoms with Crippen molar-refractivity contribution in [2.75, 3.05) is 20.2 Å². The molecule has 1 amide bonds. The van der Waals surface area contributed by atoms with Crippen molar-refractivity contribution in [2.24, 2.45) is 10.4 Å². The standard InChI is InChI=1S/C23H28F3N5O4S/c1-13-15(12-29-9-7-27-19(29)28-20(33)35-2)36-18-16(13)17(32)31(14-10-22(11-14)4-3-5-22)21(34)30(18)8-6-23(24,25)26/h14H,3-12H2,1-2H3,(H,27,28,33). The second-order valence-electron chi connectivity index (χ2n) is 9.96.